The number of aromatic nitrogens is 1. The molecule has 1 unspecified atom stereocenters. The van der Waals surface area contributed by atoms with Gasteiger partial charge in [-0.25, -0.2) is 4.98 Å². The number of nitrogens with zero attached hydrogens (tertiary/aromatic N) is 2. The Kier molecular flexibility index (Phi) is 6.38. The number of hydrogen-bond acceptors (Lipinski definition) is 6. The summed E-state index contributed by atoms with van der Waals surface area (Å²) in [4.78, 5) is 7.71. The van der Waals surface area contributed by atoms with Gasteiger partial charge >= 0.3 is 0 Å². The van der Waals surface area contributed by atoms with Crippen molar-refractivity contribution in [3.8, 4) is 5.75 Å². The van der Waals surface area contributed by atoms with Crippen LogP contribution in [0.1, 0.15) is 16.1 Å². The minimum absolute atomic E-state index is 0.279. The van der Waals surface area contributed by atoms with Gasteiger partial charge < -0.3 is 20.1 Å². The van der Waals surface area contributed by atoms with Gasteiger partial charge in [0.05, 0.1) is 5.69 Å². The third kappa shape index (κ3) is 5.49. The van der Waals surface area contributed by atoms with Crippen molar-refractivity contribution in [1.29, 1.82) is 0 Å². The Balaban J connectivity index is 1.73. The maximum Gasteiger partial charge on any atom is 0.185 e. The number of aliphatic hydroxyl groups is 1. The maximum atomic E-state index is 10.0. The zero-order valence-electron chi connectivity index (χ0n) is 14.2. The fourth-order valence-corrected chi connectivity index (χ4v) is 3.03. The van der Waals surface area contributed by atoms with Crippen LogP contribution in [0.5, 0.6) is 5.75 Å². The molecular weight excluding hydrogens is 310 g/mol. The van der Waals surface area contributed by atoms with E-state index in [2.05, 4.69) is 10.3 Å². The molecule has 0 saturated heterocycles. The van der Waals surface area contributed by atoms with E-state index >= 15 is 0 Å². The molecule has 0 aliphatic carbocycles. The third-order valence-electron chi connectivity index (χ3n) is 3.36. The number of ether oxygens (including phenoxy) is 1. The van der Waals surface area contributed by atoms with Crippen LogP contribution in [0, 0.1) is 13.8 Å². The lowest BCUT2D eigenvalue weighted by atomic mass is 10.2. The Morgan fingerprint density at radius 2 is 2.13 bits per heavy atom. The quantitative estimate of drug-likeness (QED) is 0.775. The van der Waals surface area contributed by atoms with Crippen LogP contribution < -0.4 is 15.0 Å². The Morgan fingerprint density at radius 3 is 2.78 bits per heavy atom. The highest BCUT2D eigenvalue weighted by molar-refractivity contribution is 7.15. The lowest BCUT2D eigenvalue weighted by Gasteiger charge is -2.13. The summed E-state index contributed by atoms with van der Waals surface area (Å²) in [7, 11) is 3.98. The highest BCUT2D eigenvalue weighted by atomic mass is 32.1. The van der Waals surface area contributed by atoms with Crippen molar-refractivity contribution in [2.24, 2.45) is 0 Å². The van der Waals surface area contributed by atoms with E-state index in [4.69, 9.17) is 4.74 Å². The molecular formula is C17H25N3O2S. The number of benzene rings is 1. The van der Waals surface area contributed by atoms with Gasteiger partial charge in [-0.05, 0) is 31.5 Å². The Morgan fingerprint density at radius 1 is 1.35 bits per heavy atom. The van der Waals surface area contributed by atoms with Crippen molar-refractivity contribution in [3.63, 3.8) is 0 Å². The molecule has 0 radical (unpaired) electrons. The molecule has 5 nitrogen and oxygen atoms in total. The summed E-state index contributed by atoms with van der Waals surface area (Å²) in [5, 5.41) is 14.3. The Bertz CT molecular complexity index is 628. The molecule has 0 fully saturated rings. The second-order valence-corrected chi connectivity index (χ2v) is 6.87. The zero-order chi connectivity index (χ0) is 16.8. The topological polar surface area (TPSA) is 57.6 Å². The van der Waals surface area contributed by atoms with Crippen molar-refractivity contribution < 1.29 is 9.84 Å². The van der Waals surface area contributed by atoms with E-state index in [1.165, 1.54) is 4.88 Å². The molecule has 126 valence electrons. The van der Waals surface area contributed by atoms with Crippen LogP contribution in [0.2, 0.25) is 0 Å². The van der Waals surface area contributed by atoms with Crippen molar-refractivity contribution in [3.05, 3.63) is 40.4 Å². The molecule has 0 spiro atoms. The standard InChI is InChI=1S/C17H25N3O2S/c1-12-6-5-7-15(8-12)22-11-14(21)9-18-10-16-13(2)19-17(23-16)20(3)4/h5-8,14,18,21H,9-11H2,1-4H3. The molecule has 2 aromatic rings. The first-order valence-corrected chi connectivity index (χ1v) is 8.49. The largest absolute Gasteiger partial charge is 0.491 e. The number of aliphatic hydroxyl groups excluding tert-OH is 1. The molecule has 23 heavy (non-hydrogen) atoms. The van der Waals surface area contributed by atoms with Crippen molar-refractivity contribution in [1.82, 2.24) is 10.3 Å². The van der Waals surface area contributed by atoms with Crippen molar-refractivity contribution in [2.45, 2.75) is 26.5 Å². The summed E-state index contributed by atoms with van der Waals surface area (Å²) in [6, 6.07) is 7.83. The molecule has 0 aliphatic rings. The van der Waals surface area contributed by atoms with Gasteiger partial charge in [-0.2, -0.15) is 0 Å². The molecule has 2 rings (SSSR count). The number of anilines is 1. The van der Waals surface area contributed by atoms with Gasteiger partial charge in [-0.3, -0.25) is 0 Å². The SMILES string of the molecule is Cc1cccc(OCC(O)CNCc2sc(N(C)C)nc2C)c1. The second-order valence-electron chi connectivity index (χ2n) is 5.81. The van der Waals surface area contributed by atoms with E-state index < -0.39 is 6.10 Å². The zero-order valence-corrected chi connectivity index (χ0v) is 15.0. The van der Waals surface area contributed by atoms with Crippen LogP contribution in [0.25, 0.3) is 0 Å². The van der Waals surface area contributed by atoms with Crippen LogP contribution in [0.4, 0.5) is 5.13 Å². The van der Waals surface area contributed by atoms with E-state index in [1.54, 1.807) is 11.3 Å². The summed E-state index contributed by atoms with van der Waals surface area (Å²) in [6.07, 6.45) is -0.544. The van der Waals surface area contributed by atoms with Crippen molar-refractivity contribution >= 4 is 16.5 Å². The predicted octanol–water partition coefficient (Wildman–Crippen LogP) is 2.36. The lowest BCUT2D eigenvalue weighted by molar-refractivity contribution is 0.106. The first-order valence-electron chi connectivity index (χ1n) is 7.67. The van der Waals surface area contributed by atoms with Gasteiger partial charge in [-0.15, -0.1) is 11.3 Å². The fraction of sp³-hybridized carbons (Fsp3) is 0.471. The van der Waals surface area contributed by atoms with E-state index in [9.17, 15) is 5.11 Å². The average molecular weight is 335 g/mol. The van der Waals surface area contributed by atoms with Crippen LogP contribution in [-0.4, -0.2) is 43.4 Å². The van der Waals surface area contributed by atoms with Gasteiger partial charge in [0.25, 0.3) is 0 Å². The molecule has 0 aliphatic heterocycles. The molecule has 1 aromatic carbocycles. The van der Waals surface area contributed by atoms with Gasteiger partial charge in [-0.1, -0.05) is 12.1 Å². The molecule has 6 heteroatoms. The summed E-state index contributed by atoms with van der Waals surface area (Å²) in [6.45, 7) is 5.50. The normalized spacial score (nSPS) is 12.2. The molecule has 0 saturated carbocycles. The summed E-state index contributed by atoms with van der Waals surface area (Å²) < 4.78 is 5.60. The van der Waals surface area contributed by atoms with Gasteiger partial charge in [0.1, 0.15) is 18.5 Å². The third-order valence-corrected chi connectivity index (χ3v) is 4.69. The molecule has 1 aromatic heterocycles. The summed E-state index contributed by atoms with van der Waals surface area (Å²) in [5.74, 6) is 0.790. The van der Waals surface area contributed by atoms with E-state index in [-0.39, 0.29) is 6.61 Å². The maximum absolute atomic E-state index is 10.0. The summed E-state index contributed by atoms with van der Waals surface area (Å²) >= 11 is 1.67. The predicted molar refractivity (Wildman–Crippen MR) is 95.6 cm³/mol. The monoisotopic (exact) mass is 335 g/mol. The number of hydrogen-bond donors (Lipinski definition) is 2. The summed E-state index contributed by atoms with van der Waals surface area (Å²) in [5.41, 5.74) is 2.18. The number of thiazole rings is 1. The second kappa shape index (κ2) is 8.29. The first-order chi connectivity index (χ1) is 11.0. The van der Waals surface area contributed by atoms with Gasteiger partial charge in [0, 0.05) is 32.1 Å². The Hall–Kier alpha value is -1.63. The average Bonchev–Trinajstić information content (AvgIpc) is 2.87. The molecule has 0 bridgehead atoms. The fourth-order valence-electron chi connectivity index (χ4n) is 2.08. The molecule has 0 amide bonds. The van der Waals surface area contributed by atoms with E-state index in [1.807, 2.05) is 57.1 Å². The number of rotatable bonds is 8. The van der Waals surface area contributed by atoms with E-state index in [0.717, 1.165) is 22.1 Å². The smallest absolute Gasteiger partial charge is 0.185 e. The minimum Gasteiger partial charge on any atom is -0.491 e. The lowest BCUT2D eigenvalue weighted by Crippen LogP contribution is -2.31. The first kappa shape index (κ1) is 17.7. The number of nitrogens with one attached hydrogen (secondary N) is 1. The van der Waals surface area contributed by atoms with Crippen LogP contribution in [0.3, 0.4) is 0 Å². The van der Waals surface area contributed by atoms with Gasteiger partial charge in [0.15, 0.2) is 5.13 Å². The molecule has 2 N–H and O–H groups in total. The van der Waals surface area contributed by atoms with Gasteiger partial charge in [0.2, 0.25) is 0 Å². The van der Waals surface area contributed by atoms with Crippen molar-refractivity contribution in [2.75, 3.05) is 32.1 Å². The van der Waals surface area contributed by atoms with E-state index in [0.29, 0.717) is 13.1 Å². The Labute approximate surface area is 141 Å². The molecule has 1 heterocycles. The highest BCUT2D eigenvalue weighted by Crippen LogP contribution is 2.24. The molecule has 1 atom stereocenters. The van der Waals surface area contributed by atoms with Crippen LogP contribution in [0.15, 0.2) is 24.3 Å². The highest BCUT2D eigenvalue weighted by Gasteiger charge is 2.10. The minimum atomic E-state index is -0.544. The van der Waals surface area contributed by atoms with Crippen LogP contribution in [-0.2, 0) is 6.54 Å². The number of aryl methyl sites for hydroxylation is 2. The van der Waals surface area contributed by atoms with Crippen LogP contribution >= 0.6 is 11.3 Å².